The summed E-state index contributed by atoms with van der Waals surface area (Å²) in [5.41, 5.74) is -0.123. The minimum atomic E-state index is -1.31. The SMILES string of the molecule is CN1CCN(C(=O)C2CCN(C(=O)C(C(=O)c3ccc(Cl)cc3)n3ccccc3=O)CC2)CC1. The van der Waals surface area contributed by atoms with Crippen LogP contribution in [0.2, 0.25) is 5.02 Å². The van der Waals surface area contributed by atoms with Gasteiger partial charge in [0.2, 0.25) is 5.91 Å². The Kier molecular flexibility index (Phi) is 7.48. The van der Waals surface area contributed by atoms with E-state index in [4.69, 9.17) is 11.6 Å². The molecule has 1 aromatic carbocycles. The number of rotatable bonds is 5. The van der Waals surface area contributed by atoms with Gasteiger partial charge in [0, 0.05) is 68.0 Å². The first-order valence-electron chi connectivity index (χ1n) is 11.6. The molecule has 0 saturated carbocycles. The van der Waals surface area contributed by atoms with Crippen molar-refractivity contribution in [1.29, 1.82) is 0 Å². The number of benzene rings is 1. The molecular formula is C25H29ClN4O4. The summed E-state index contributed by atoms with van der Waals surface area (Å²) >= 11 is 5.95. The van der Waals surface area contributed by atoms with E-state index in [9.17, 15) is 19.2 Å². The molecule has 2 aliphatic heterocycles. The van der Waals surface area contributed by atoms with Crippen molar-refractivity contribution in [2.75, 3.05) is 46.3 Å². The largest absolute Gasteiger partial charge is 0.340 e. The van der Waals surface area contributed by atoms with Gasteiger partial charge >= 0.3 is 0 Å². The average Bonchev–Trinajstić information content (AvgIpc) is 2.86. The van der Waals surface area contributed by atoms with Crippen molar-refractivity contribution < 1.29 is 14.4 Å². The van der Waals surface area contributed by atoms with E-state index in [1.165, 1.54) is 16.8 Å². The molecule has 0 radical (unpaired) electrons. The lowest BCUT2D eigenvalue weighted by atomic mass is 9.93. The summed E-state index contributed by atoms with van der Waals surface area (Å²) in [5, 5.41) is 0.475. The molecular weight excluding hydrogens is 456 g/mol. The third-order valence-electron chi connectivity index (χ3n) is 6.71. The van der Waals surface area contributed by atoms with Gasteiger partial charge in [-0.1, -0.05) is 17.7 Å². The zero-order valence-corrected chi connectivity index (χ0v) is 20.0. The van der Waals surface area contributed by atoms with Crippen LogP contribution in [0, 0.1) is 5.92 Å². The number of hydrogen-bond donors (Lipinski definition) is 0. The van der Waals surface area contributed by atoms with Crippen molar-refractivity contribution in [2.24, 2.45) is 5.92 Å². The predicted molar refractivity (Wildman–Crippen MR) is 129 cm³/mol. The van der Waals surface area contributed by atoms with E-state index in [1.807, 2.05) is 11.9 Å². The molecule has 0 bridgehead atoms. The molecule has 2 saturated heterocycles. The van der Waals surface area contributed by atoms with Gasteiger partial charge in [0.15, 0.2) is 11.8 Å². The van der Waals surface area contributed by atoms with E-state index in [0.717, 1.165) is 26.2 Å². The van der Waals surface area contributed by atoms with Crippen molar-refractivity contribution in [3.05, 3.63) is 69.6 Å². The number of pyridine rings is 1. The molecule has 2 amide bonds. The number of carbonyl (C=O) groups excluding carboxylic acids is 3. The Morgan fingerprint density at radius 1 is 0.882 bits per heavy atom. The zero-order chi connectivity index (χ0) is 24.2. The van der Waals surface area contributed by atoms with E-state index < -0.39 is 23.3 Å². The van der Waals surface area contributed by atoms with E-state index in [1.54, 1.807) is 41.3 Å². The van der Waals surface area contributed by atoms with Crippen molar-refractivity contribution in [2.45, 2.75) is 18.9 Å². The van der Waals surface area contributed by atoms with E-state index in [2.05, 4.69) is 4.90 Å². The number of piperazine rings is 1. The number of ketones is 1. The minimum absolute atomic E-state index is 0.127. The van der Waals surface area contributed by atoms with Crippen LogP contribution in [0.4, 0.5) is 0 Å². The maximum Gasteiger partial charge on any atom is 0.253 e. The van der Waals surface area contributed by atoms with Gasteiger partial charge in [-0.15, -0.1) is 0 Å². The van der Waals surface area contributed by atoms with Crippen molar-refractivity contribution in [3.63, 3.8) is 0 Å². The summed E-state index contributed by atoms with van der Waals surface area (Å²) in [5.74, 6) is -0.880. The van der Waals surface area contributed by atoms with Crippen LogP contribution >= 0.6 is 11.6 Å². The molecule has 0 aliphatic carbocycles. The summed E-state index contributed by atoms with van der Waals surface area (Å²) in [6.07, 6.45) is 2.55. The number of hydrogen-bond acceptors (Lipinski definition) is 5. The molecule has 2 aromatic rings. The van der Waals surface area contributed by atoms with Gasteiger partial charge < -0.3 is 14.7 Å². The first kappa shape index (κ1) is 24.2. The molecule has 4 rings (SSSR count). The molecule has 0 N–H and O–H groups in total. The van der Waals surface area contributed by atoms with Crippen molar-refractivity contribution >= 4 is 29.2 Å². The van der Waals surface area contributed by atoms with Gasteiger partial charge in [-0.05, 0) is 50.2 Å². The summed E-state index contributed by atoms with van der Waals surface area (Å²) in [6.45, 7) is 3.92. The number of likely N-dealkylation sites (N-methyl/N-ethyl adjacent to an activating group) is 1. The summed E-state index contributed by atoms with van der Waals surface area (Å²) < 4.78 is 1.18. The lowest BCUT2D eigenvalue weighted by Crippen LogP contribution is -2.52. The Morgan fingerprint density at radius 2 is 1.53 bits per heavy atom. The number of amides is 2. The molecule has 9 heteroatoms. The lowest BCUT2D eigenvalue weighted by Gasteiger charge is -2.38. The van der Waals surface area contributed by atoms with Crippen LogP contribution in [0.3, 0.4) is 0 Å². The van der Waals surface area contributed by atoms with Crippen LogP contribution in [0.25, 0.3) is 0 Å². The van der Waals surface area contributed by atoms with Crippen LogP contribution in [-0.2, 0) is 9.59 Å². The summed E-state index contributed by atoms with van der Waals surface area (Å²) in [7, 11) is 2.05. The highest BCUT2D eigenvalue weighted by molar-refractivity contribution is 6.30. The van der Waals surface area contributed by atoms with Crippen LogP contribution in [0.15, 0.2) is 53.5 Å². The van der Waals surface area contributed by atoms with Gasteiger partial charge in [0.1, 0.15) is 0 Å². The van der Waals surface area contributed by atoms with Crippen LogP contribution < -0.4 is 5.56 Å². The number of halogens is 1. The maximum atomic E-state index is 13.6. The second-order valence-electron chi connectivity index (χ2n) is 8.95. The maximum absolute atomic E-state index is 13.6. The molecule has 1 unspecified atom stereocenters. The highest BCUT2D eigenvalue weighted by atomic mass is 35.5. The van der Waals surface area contributed by atoms with Gasteiger partial charge in [-0.2, -0.15) is 0 Å². The van der Waals surface area contributed by atoms with Crippen molar-refractivity contribution in [3.8, 4) is 0 Å². The molecule has 34 heavy (non-hydrogen) atoms. The highest BCUT2D eigenvalue weighted by Crippen LogP contribution is 2.24. The third kappa shape index (κ3) is 5.23. The normalized spacial score (nSPS) is 18.5. The monoisotopic (exact) mass is 484 g/mol. The van der Waals surface area contributed by atoms with Gasteiger partial charge in [0.25, 0.3) is 11.5 Å². The van der Waals surface area contributed by atoms with E-state index in [-0.39, 0.29) is 11.8 Å². The Labute approximate surface area is 203 Å². The molecule has 180 valence electrons. The third-order valence-corrected chi connectivity index (χ3v) is 6.96. The first-order chi connectivity index (χ1) is 16.3. The first-order valence-corrected chi connectivity index (χ1v) is 12.0. The fourth-order valence-electron chi connectivity index (χ4n) is 4.59. The predicted octanol–water partition coefficient (Wildman–Crippen LogP) is 1.94. The Morgan fingerprint density at radius 3 is 2.15 bits per heavy atom. The number of likely N-dealkylation sites (tertiary alicyclic amines) is 1. The molecule has 2 fully saturated rings. The Bertz CT molecular complexity index is 1100. The van der Waals surface area contributed by atoms with E-state index >= 15 is 0 Å². The van der Waals surface area contributed by atoms with Crippen molar-refractivity contribution in [1.82, 2.24) is 19.3 Å². The van der Waals surface area contributed by atoms with Crippen LogP contribution in [-0.4, -0.2) is 83.2 Å². The fraction of sp³-hybridized carbons (Fsp3) is 0.440. The quantitative estimate of drug-likeness (QED) is 0.478. The second-order valence-corrected chi connectivity index (χ2v) is 9.38. The van der Waals surface area contributed by atoms with Gasteiger partial charge in [-0.25, -0.2) is 0 Å². The molecule has 0 spiro atoms. The minimum Gasteiger partial charge on any atom is -0.340 e. The Hall–Kier alpha value is -2.97. The topological polar surface area (TPSA) is 82.9 Å². The number of nitrogens with zero attached hydrogens (tertiary/aromatic N) is 4. The zero-order valence-electron chi connectivity index (χ0n) is 19.2. The highest BCUT2D eigenvalue weighted by Gasteiger charge is 2.37. The smallest absolute Gasteiger partial charge is 0.253 e. The number of carbonyl (C=O) groups is 3. The lowest BCUT2D eigenvalue weighted by molar-refractivity contribution is -0.142. The second kappa shape index (κ2) is 10.5. The summed E-state index contributed by atoms with van der Waals surface area (Å²) in [6, 6.07) is 9.50. The standard InChI is InChI=1S/C25H29ClN4O4/c1-27-14-16-29(17-15-27)24(33)19-9-12-28(13-10-19)25(34)22(30-11-3-2-4-21(30)31)23(32)18-5-7-20(26)8-6-18/h2-8,11,19,22H,9-10,12-17H2,1H3. The molecule has 1 aromatic heterocycles. The van der Waals surface area contributed by atoms with Crippen LogP contribution in [0.1, 0.15) is 29.2 Å². The number of piperidine rings is 1. The number of Topliss-reactive ketones (excluding diaryl/α,β-unsaturated/α-hetero) is 1. The van der Waals surface area contributed by atoms with E-state index in [0.29, 0.717) is 36.5 Å². The fourth-order valence-corrected chi connectivity index (χ4v) is 4.71. The number of aromatic nitrogens is 1. The van der Waals surface area contributed by atoms with Gasteiger partial charge in [0.05, 0.1) is 0 Å². The Balaban J connectivity index is 1.49. The van der Waals surface area contributed by atoms with Crippen LogP contribution in [0.5, 0.6) is 0 Å². The van der Waals surface area contributed by atoms with Gasteiger partial charge in [-0.3, -0.25) is 23.7 Å². The summed E-state index contributed by atoms with van der Waals surface area (Å²) in [4.78, 5) is 58.2. The average molecular weight is 485 g/mol. The molecule has 8 nitrogen and oxygen atoms in total. The molecule has 1 atom stereocenters. The molecule has 3 heterocycles. The molecule has 2 aliphatic rings.